The van der Waals surface area contributed by atoms with Gasteiger partial charge in [-0.25, -0.2) is 9.97 Å². The summed E-state index contributed by atoms with van der Waals surface area (Å²) in [5.41, 5.74) is 4.98. The standard InChI is InChI=1S/C24H23N7O/c1-24(32)8-10-31(15-24)19-6-4-18(5-7-19)27-22-23-25-9-11-30(23)14-21(28-22)16-2-3-17-13-26-29-20(17)12-16/h2-7,9,11-14,32H,8,10,15H2,1H3,(H,26,29)(H,27,28). The number of H-pyrrole nitrogens is 1. The Bertz CT molecular complexity index is 1420. The number of imidazole rings is 1. The highest BCUT2D eigenvalue weighted by Crippen LogP contribution is 2.29. The lowest BCUT2D eigenvalue weighted by Crippen LogP contribution is -2.29. The Morgan fingerprint density at radius 3 is 2.84 bits per heavy atom. The van der Waals surface area contributed by atoms with E-state index in [9.17, 15) is 5.11 Å². The number of benzene rings is 2. The number of fused-ring (bicyclic) bond motifs is 2. The summed E-state index contributed by atoms with van der Waals surface area (Å²) in [6.07, 6.45) is 8.26. The Kier molecular flexibility index (Phi) is 4.16. The number of nitrogens with one attached hydrogen (secondary N) is 2. The van der Waals surface area contributed by atoms with Crippen molar-refractivity contribution in [3.63, 3.8) is 0 Å². The lowest BCUT2D eigenvalue weighted by Gasteiger charge is -2.21. The summed E-state index contributed by atoms with van der Waals surface area (Å²) in [5, 5.41) is 21.9. The minimum Gasteiger partial charge on any atom is -0.388 e. The number of aromatic nitrogens is 5. The summed E-state index contributed by atoms with van der Waals surface area (Å²) < 4.78 is 1.97. The van der Waals surface area contributed by atoms with Crippen LogP contribution in [-0.4, -0.2) is 48.4 Å². The average molecular weight is 425 g/mol. The first-order valence-corrected chi connectivity index (χ1v) is 10.7. The molecule has 0 amide bonds. The number of aromatic amines is 1. The maximum Gasteiger partial charge on any atom is 0.180 e. The fourth-order valence-corrected chi connectivity index (χ4v) is 4.31. The van der Waals surface area contributed by atoms with Crippen LogP contribution < -0.4 is 10.2 Å². The number of aliphatic hydroxyl groups is 1. The van der Waals surface area contributed by atoms with Gasteiger partial charge in [0.2, 0.25) is 0 Å². The van der Waals surface area contributed by atoms with Gasteiger partial charge in [0.05, 0.1) is 23.0 Å². The molecule has 4 heterocycles. The Morgan fingerprint density at radius 1 is 1.16 bits per heavy atom. The first kappa shape index (κ1) is 18.8. The average Bonchev–Trinajstić information content (AvgIpc) is 3.52. The van der Waals surface area contributed by atoms with Crippen molar-refractivity contribution in [1.29, 1.82) is 0 Å². The zero-order chi connectivity index (χ0) is 21.7. The molecule has 6 rings (SSSR count). The van der Waals surface area contributed by atoms with Crippen molar-refractivity contribution in [3.05, 3.63) is 67.3 Å². The SMILES string of the molecule is CC1(O)CCN(c2ccc(Nc3nc(-c4ccc5cn[nH]c5c4)cn4ccnc34)cc2)C1. The fourth-order valence-electron chi connectivity index (χ4n) is 4.31. The van der Waals surface area contributed by atoms with E-state index in [0.29, 0.717) is 12.4 Å². The molecule has 32 heavy (non-hydrogen) atoms. The van der Waals surface area contributed by atoms with Gasteiger partial charge in [-0.3, -0.25) is 5.10 Å². The van der Waals surface area contributed by atoms with Crippen LogP contribution >= 0.6 is 0 Å². The quantitative estimate of drug-likeness (QED) is 0.403. The Balaban J connectivity index is 1.32. The van der Waals surface area contributed by atoms with E-state index < -0.39 is 5.60 Å². The molecule has 1 unspecified atom stereocenters. The first-order chi connectivity index (χ1) is 15.5. The summed E-state index contributed by atoms with van der Waals surface area (Å²) in [6.45, 7) is 3.40. The summed E-state index contributed by atoms with van der Waals surface area (Å²) in [4.78, 5) is 11.6. The summed E-state index contributed by atoms with van der Waals surface area (Å²) in [5.74, 6) is 0.689. The lowest BCUT2D eigenvalue weighted by atomic mass is 10.1. The van der Waals surface area contributed by atoms with E-state index in [4.69, 9.17) is 4.98 Å². The van der Waals surface area contributed by atoms with Crippen LogP contribution in [0.25, 0.3) is 27.8 Å². The van der Waals surface area contributed by atoms with Crippen LogP contribution in [0.2, 0.25) is 0 Å². The molecule has 1 atom stereocenters. The van der Waals surface area contributed by atoms with E-state index in [1.807, 2.05) is 54.2 Å². The van der Waals surface area contributed by atoms with E-state index in [1.54, 1.807) is 6.20 Å². The summed E-state index contributed by atoms with van der Waals surface area (Å²) >= 11 is 0. The van der Waals surface area contributed by atoms with Gasteiger partial charge in [0.15, 0.2) is 11.5 Å². The molecule has 3 N–H and O–H groups in total. The second-order valence-electron chi connectivity index (χ2n) is 8.65. The monoisotopic (exact) mass is 425 g/mol. The molecular weight excluding hydrogens is 402 g/mol. The molecule has 0 bridgehead atoms. The highest BCUT2D eigenvalue weighted by atomic mass is 16.3. The second-order valence-corrected chi connectivity index (χ2v) is 8.65. The molecule has 5 aromatic rings. The van der Waals surface area contributed by atoms with Gasteiger partial charge in [-0.2, -0.15) is 5.10 Å². The molecule has 0 radical (unpaired) electrons. The Morgan fingerprint density at radius 2 is 2.03 bits per heavy atom. The zero-order valence-corrected chi connectivity index (χ0v) is 17.7. The molecule has 0 saturated carbocycles. The molecule has 0 aliphatic carbocycles. The first-order valence-electron chi connectivity index (χ1n) is 10.7. The van der Waals surface area contributed by atoms with E-state index in [2.05, 4.69) is 43.6 Å². The van der Waals surface area contributed by atoms with Gasteiger partial charge in [-0.05, 0) is 43.7 Å². The molecule has 8 nitrogen and oxygen atoms in total. The molecule has 0 spiro atoms. The van der Waals surface area contributed by atoms with Crippen molar-refractivity contribution < 1.29 is 5.11 Å². The van der Waals surface area contributed by atoms with Crippen LogP contribution in [0.4, 0.5) is 17.2 Å². The van der Waals surface area contributed by atoms with E-state index >= 15 is 0 Å². The minimum atomic E-state index is -0.618. The van der Waals surface area contributed by atoms with E-state index in [-0.39, 0.29) is 0 Å². The van der Waals surface area contributed by atoms with Crippen LogP contribution in [0.15, 0.2) is 67.3 Å². The lowest BCUT2D eigenvalue weighted by molar-refractivity contribution is 0.0839. The van der Waals surface area contributed by atoms with Crippen LogP contribution in [0.1, 0.15) is 13.3 Å². The van der Waals surface area contributed by atoms with Crippen molar-refractivity contribution in [2.24, 2.45) is 0 Å². The summed E-state index contributed by atoms with van der Waals surface area (Å²) in [7, 11) is 0. The molecule has 1 saturated heterocycles. The van der Waals surface area contributed by atoms with Gasteiger partial charge in [0.25, 0.3) is 0 Å². The number of anilines is 3. The highest BCUT2D eigenvalue weighted by molar-refractivity contribution is 5.84. The van der Waals surface area contributed by atoms with Crippen molar-refractivity contribution >= 4 is 33.7 Å². The summed E-state index contributed by atoms with van der Waals surface area (Å²) in [6, 6.07) is 14.4. The van der Waals surface area contributed by atoms with Gasteiger partial charge in [-0.15, -0.1) is 0 Å². The molecule has 160 valence electrons. The van der Waals surface area contributed by atoms with E-state index in [1.165, 1.54) is 0 Å². The van der Waals surface area contributed by atoms with Crippen LogP contribution in [0, 0.1) is 0 Å². The number of hydrogen-bond acceptors (Lipinski definition) is 6. The van der Waals surface area contributed by atoms with Crippen molar-refractivity contribution in [2.45, 2.75) is 18.9 Å². The van der Waals surface area contributed by atoms with Gasteiger partial charge < -0.3 is 19.7 Å². The van der Waals surface area contributed by atoms with Gasteiger partial charge >= 0.3 is 0 Å². The predicted molar refractivity (Wildman–Crippen MR) is 125 cm³/mol. The van der Waals surface area contributed by atoms with E-state index in [0.717, 1.165) is 52.1 Å². The molecule has 1 aliphatic heterocycles. The third-order valence-corrected chi connectivity index (χ3v) is 6.06. The van der Waals surface area contributed by atoms with Gasteiger partial charge in [0.1, 0.15) is 0 Å². The number of rotatable bonds is 4. The third kappa shape index (κ3) is 3.34. The third-order valence-electron chi connectivity index (χ3n) is 6.06. The number of hydrogen-bond donors (Lipinski definition) is 3. The topological polar surface area (TPSA) is 94.4 Å². The van der Waals surface area contributed by atoms with Crippen molar-refractivity contribution in [2.75, 3.05) is 23.3 Å². The van der Waals surface area contributed by atoms with Crippen LogP contribution in [0.5, 0.6) is 0 Å². The highest BCUT2D eigenvalue weighted by Gasteiger charge is 2.31. The smallest absolute Gasteiger partial charge is 0.180 e. The molecule has 1 fully saturated rings. The molecular formula is C24H23N7O. The van der Waals surface area contributed by atoms with Crippen LogP contribution in [-0.2, 0) is 0 Å². The Labute approximate surface area is 184 Å². The van der Waals surface area contributed by atoms with Gasteiger partial charge in [-0.1, -0.05) is 12.1 Å². The Hall–Kier alpha value is -3.91. The molecule has 3 aromatic heterocycles. The normalized spacial score (nSPS) is 18.6. The maximum absolute atomic E-state index is 10.2. The molecule has 2 aromatic carbocycles. The molecule has 8 heteroatoms. The second kappa shape index (κ2) is 7.06. The van der Waals surface area contributed by atoms with Crippen molar-refractivity contribution in [1.82, 2.24) is 24.6 Å². The fraction of sp³-hybridized carbons (Fsp3) is 0.208. The largest absolute Gasteiger partial charge is 0.388 e. The number of nitrogens with zero attached hydrogens (tertiary/aromatic N) is 5. The number of β-amino-alcohol motifs (C(OH)–C–C–N with tert-alkyl or cyclic N) is 1. The van der Waals surface area contributed by atoms with Crippen molar-refractivity contribution in [3.8, 4) is 11.3 Å². The predicted octanol–water partition coefficient (Wildman–Crippen LogP) is 3.98. The zero-order valence-electron chi connectivity index (χ0n) is 17.7. The maximum atomic E-state index is 10.2. The molecule has 1 aliphatic rings. The van der Waals surface area contributed by atoms with Crippen LogP contribution in [0.3, 0.4) is 0 Å². The van der Waals surface area contributed by atoms with Gasteiger partial charge in [0, 0.05) is 54.0 Å². The minimum absolute atomic E-state index is 0.618.